The number of benzene rings is 1. The van der Waals surface area contributed by atoms with E-state index in [0.717, 1.165) is 22.1 Å². The van der Waals surface area contributed by atoms with Gasteiger partial charge in [0.1, 0.15) is 10.8 Å². The average Bonchev–Trinajstić information content (AvgIpc) is 2.45. The predicted octanol–water partition coefficient (Wildman–Crippen LogP) is 2.11. The van der Waals surface area contributed by atoms with Crippen molar-refractivity contribution in [2.75, 3.05) is 12.4 Å². The summed E-state index contributed by atoms with van der Waals surface area (Å²) in [5, 5.41) is 0.914. The summed E-state index contributed by atoms with van der Waals surface area (Å²) in [4.78, 5) is 8.19. The quantitative estimate of drug-likeness (QED) is 0.637. The van der Waals surface area contributed by atoms with Gasteiger partial charge in [0.15, 0.2) is 0 Å². The summed E-state index contributed by atoms with van der Waals surface area (Å²) in [7, 11) is 0. The molecule has 94 valence electrons. The summed E-state index contributed by atoms with van der Waals surface area (Å²) in [5.74, 6) is 1.70. The van der Waals surface area contributed by atoms with E-state index in [1.54, 1.807) is 30.4 Å². The van der Waals surface area contributed by atoms with Crippen molar-refractivity contribution in [3.8, 4) is 5.75 Å². The summed E-state index contributed by atoms with van der Waals surface area (Å²) in [5.41, 5.74) is 6.65. The molecule has 1 aromatic carbocycles. The molecule has 4 nitrogen and oxygen atoms in total. The molecule has 2 aromatic rings. The molecule has 1 heterocycles. The number of rotatable bonds is 6. The Labute approximate surface area is 111 Å². The molecule has 0 unspecified atom stereocenters. The van der Waals surface area contributed by atoms with Crippen LogP contribution in [0.15, 0.2) is 47.9 Å². The van der Waals surface area contributed by atoms with Crippen LogP contribution in [0.3, 0.4) is 0 Å². The van der Waals surface area contributed by atoms with E-state index in [1.807, 2.05) is 24.3 Å². The van der Waals surface area contributed by atoms with Crippen LogP contribution in [0.4, 0.5) is 0 Å². The lowest BCUT2D eigenvalue weighted by atomic mass is 10.2. The van der Waals surface area contributed by atoms with E-state index < -0.39 is 0 Å². The zero-order chi connectivity index (χ0) is 12.6. The Balaban J connectivity index is 1.75. The van der Waals surface area contributed by atoms with Gasteiger partial charge < -0.3 is 10.5 Å². The maximum atomic E-state index is 5.65. The predicted molar refractivity (Wildman–Crippen MR) is 72.6 cm³/mol. The molecule has 2 N–H and O–H groups in total. The number of nitrogens with zero attached hydrogens (tertiary/aromatic N) is 2. The topological polar surface area (TPSA) is 61.0 Å². The zero-order valence-corrected chi connectivity index (χ0v) is 10.8. The van der Waals surface area contributed by atoms with Gasteiger partial charge in [-0.25, -0.2) is 4.98 Å². The molecular weight excluding hydrogens is 246 g/mol. The first-order valence-electron chi connectivity index (χ1n) is 5.69. The highest BCUT2D eigenvalue weighted by Gasteiger charge is 1.97. The van der Waals surface area contributed by atoms with E-state index in [0.29, 0.717) is 13.2 Å². The number of hydrogen-bond acceptors (Lipinski definition) is 5. The first-order chi connectivity index (χ1) is 8.88. The highest BCUT2D eigenvalue weighted by Crippen LogP contribution is 2.15. The second-order valence-corrected chi connectivity index (χ2v) is 4.71. The van der Waals surface area contributed by atoms with E-state index in [4.69, 9.17) is 10.5 Å². The molecule has 1 aromatic heterocycles. The molecule has 0 saturated heterocycles. The van der Waals surface area contributed by atoms with Crippen LogP contribution in [-0.4, -0.2) is 22.3 Å². The molecule has 0 aliphatic carbocycles. The number of hydrogen-bond donors (Lipinski definition) is 1. The number of thioether (sulfide) groups is 1. The van der Waals surface area contributed by atoms with Crippen molar-refractivity contribution < 1.29 is 4.74 Å². The molecule has 0 bridgehead atoms. The first-order valence-corrected chi connectivity index (χ1v) is 6.67. The van der Waals surface area contributed by atoms with E-state index in [2.05, 4.69) is 9.97 Å². The lowest BCUT2D eigenvalue weighted by Gasteiger charge is -2.06. The van der Waals surface area contributed by atoms with Crippen molar-refractivity contribution in [3.63, 3.8) is 0 Å². The normalized spacial score (nSPS) is 10.3. The molecule has 18 heavy (non-hydrogen) atoms. The molecule has 0 fully saturated rings. The van der Waals surface area contributed by atoms with Crippen molar-refractivity contribution in [2.45, 2.75) is 11.6 Å². The minimum atomic E-state index is 0.533. The molecule has 0 spiro atoms. The lowest BCUT2D eigenvalue weighted by molar-refractivity contribution is 0.343. The Morgan fingerprint density at radius 1 is 1.28 bits per heavy atom. The van der Waals surface area contributed by atoms with Gasteiger partial charge in [-0.15, -0.1) is 11.8 Å². The van der Waals surface area contributed by atoms with E-state index in [1.165, 1.54) is 0 Å². The third kappa shape index (κ3) is 4.01. The molecular formula is C13H15N3OS. The summed E-state index contributed by atoms with van der Waals surface area (Å²) < 4.78 is 5.65. The van der Waals surface area contributed by atoms with Crippen molar-refractivity contribution in [1.29, 1.82) is 0 Å². The van der Waals surface area contributed by atoms with Crippen LogP contribution >= 0.6 is 11.8 Å². The van der Waals surface area contributed by atoms with Crippen LogP contribution in [0.1, 0.15) is 5.56 Å². The summed E-state index contributed by atoms with van der Waals surface area (Å²) in [6.07, 6.45) is 5.10. The van der Waals surface area contributed by atoms with Gasteiger partial charge in [0.25, 0.3) is 0 Å². The third-order valence-electron chi connectivity index (χ3n) is 2.28. The SMILES string of the molecule is NCc1cccc(OCCSc2cnccn2)c1. The van der Waals surface area contributed by atoms with Crippen LogP contribution < -0.4 is 10.5 Å². The van der Waals surface area contributed by atoms with E-state index in [9.17, 15) is 0 Å². The van der Waals surface area contributed by atoms with Gasteiger partial charge in [0.2, 0.25) is 0 Å². The third-order valence-corrected chi connectivity index (χ3v) is 3.15. The second-order valence-electron chi connectivity index (χ2n) is 3.59. The summed E-state index contributed by atoms with van der Waals surface area (Å²) in [6.45, 7) is 1.17. The van der Waals surface area contributed by atoms with Crippen LogP contribution in [0.5, 0.6) is 5.75 Å². The van der Waals surface area contributed by atoms with Crippen LogP contribution in [-0.2, 0) is 6.54 Å². The number of aromatic nitrogens is 2. The highest BCUT2D eigenvalue weighted by atomic mass is 32.2. The van der Waals surface area contributed by atoms with Crippen LogP contribution in [0.2, 0.25) is 0 Å². The van der Waals surface area contributed by atoms with Crippen LogP contribution in [0.25, 0.3) is 0 Å². The Morgan fingerprint density at radius 3 is 3.00 bits per heavy atom. The van der Waals surface area contributed by atoms with Crippen molar-refractivity contribution in [3.05, 3.63) is 48.4 Å². The Kier molecular flexibility index (Phi) is 4.99. The molecule has 0 atom stereocenters. The lowest BCUT2D eigenvalue weighted by Crippen LogP contribution is -2.02. The fraction of sp³-hybridized carbons (Fsp3) is 0.231. The van der Waals surface area contributed by atoms with Gasteiger partial charge in [0, 0.05) is 24.7 Å². The van der Waals surface area contributed by atoms with Gasteiger partial charge >= 0.3 is 0 Å². The fourth-order valence-electron chi connectivity index (χ4n) is 1.43. The molecule has 2 rings (SSSR count). The Morgan fingerprint density at radius 2 is 2.22 bits per heavy atom. The second kappa shape index (κ2) is 6.98. The van der Waals surface area contributed by atoms with Crippen LogP contribution in [0, 0.1) is 0 Å². The van der Waals surface area contributed by atoms with Crippen molar-refractivity contribution >= 4 is 11.8 Å². The van der Waals surface area contributed by atoms with E-state index >= 15 is 0 Å². The Hall–Kier alpha value is -1.59. The fourth-order valence-corrected chi connectivity index (χ4v) is 2.07. The zero-order valence-electron chi connectivity index (χ0n) is 9.95. The number of ether oxygens (including phenoxy) is 1. The summed E-state index contributed by atoms with van der Waals surface area (Å²) >= 11 is 1.63. The van der Waals surface area contributed by atoms with E-state index in [-0.39, 0.29) is 0 Å². The van der Waals surface area contributed by atoms with Gasteiger partial charge in [0.05, 0.1) is 12.8 Å². The molecule has 5 heteroatoms. The van der Waals surface area contributed by atoms with Gasteiger partial charge in [-0.05, 0) is 17.7 Å². The average molecular weight is 261 g/mol. The molecule has 0 amide bonds. The Bertz CT molecular complexity index is 479. The first kappa shape index (κ1) is 12.9. The smallest absolute Gasteiger partial charge is 0.119 e. The minimum Gasteiger partial charge on any atom is -0.493 e. The standard InChI is InChI=1S/C13H15N3OS/c14-9-11-2-1-3-12(8-11)17-6-7-18-13-10-15-4-5-16-13/h1-5,8,10H,6-7,9,14H2. The number of nitrogens with two attached hydrogens (primary N) is 1. The van der Waals surface area contributed by atoms with Crippen molar-refractivity contribution in [2.24, 2.45) is 5.73 Å². The highest BCUT2D eigenvalue weighted by molar-refractivity contribution is 7.99. The van der Waals surface area contributed by atoms with Crippen molar-refractivity contribution in [1.82, 2.24) is 9.97 Å². The monoisotopic (exact) mass is 261 g/mol. The van der Waals surface area contributed by atoms with Gasteiger partial charge in [-0.3, -0.25) is 4.98 Å². The largest absolute Gasteiger partial charge is 0.493 e. The molecule has 0 saturated carbocycles. The maximum Gasteiger partial charge on any atom is 0.119 e. The molecule has 0 radical (unpaired) electrons. The maximum absolute atomic E-state index is 5.65. The van der Waals surface area contributed by atoms with Gasteiger partial charge in [-0.1, -0.05) is 12.1 Å². The van der Waals surface area contributed by atoms with Gasteiger partial charge in [-0.2, -0.15) is 0 Å². The summed E-state index contributed by atoms with van der Waals surface area (Å²) in [6, 6.07) is 7.84. The molecule has 0 aliphatic rings. The minimum absolute atomic E-state index is 0.533. The molecule has 0 aliphatic heterocycles.